The van der Waals surface area contributed by atoms with E-state index in [9.17, 15) is 9.59 Å². The molecule has 0 aromatic heterocycles. The summed E-state index contributed by atoms with van der Waals surface area (Å²) in [6.45, 7) is 5.50. The van der Waals surface area contributed by atoms with Crippen molar-refractivity contribution in [1.29, 1.82) is 0 Å². The predicted octanol–water partition coefficient (Wildman–Crippen LogP) is 1.97. The topological polar surface area (TPSA) is 61.8 Å². The van der Waals surface area contributed by atoms with Gasteiger partial charge in [-0.05, 0) is 19.1 Å². The van der Waals surface area contributed by atoms with Crippen molar-refractivity contribution in [2.45, 2.75) is 6.92 Å². The Morgan fingerprint density at radius 1 is 1.26 bits per heavy atom. The first-order chi connectivity index (χ1) is 9.10. The Morgan fingerprint density at radius 2 is 1.95 bits per heavy atom. The molecule has 5 nitrogen and oxygen atoms in total. The van der Waals surface area contributed by atoms with E-state index >= 15 is 0 Å². The fraction of sp³-hybridized carbons (Fsp3) is 0.286. The van der Waals surface area contributed by atoms with Crippen molar-refractivity contribution in [3.05, 3.63) is 42.0 Å². The molecule has 0 saturated carbocycles. The van der Waals surface area contributed by atoms with E-state index in [1.54, 1.807) is 31.2 Å². The number of para-hydroxylation sites is 1. The van der Waals surface area contributed by atoms with Crippen molar-refractivity contribution >= 4 is 11.9 Å². The number of hydrogen-bond acceptors (Lipinski definition) is 5. The van der Waals surface area contributed by atoms with Crippen molar-refractivity contribution in [1.82, 2.24) is 0 Å². The second-order valence-corrected chi connectivity index (χ2v) is 3.60. The Morgan fingerprint density at radius 3 is 2.58 bits per heavy atom. The number of ether oxygens (including phenoxy) is 3. The van der Waals surface area contributed by atoms with Crippen molar-refractivity contribution in [2.24, 2.45) is 0 Å². The zero-order chi connectivity index (χ0) is 14.3. The summed E-state index contributed by atoms with van der Waals surface area (Å²) in [4.78, 5) is 22.8. The average molecular weight is 264 g/mol. The lowest BCUT2D eigenvalue weighted by molar-refractivity contribution is -0.138. The molecule has 0 atom stereocenters. The van der Waals surface area contributed by atoms with Crippen LogP contribution < -0.4 is 4.74 Å². The van der Waals surface area contributed by atoms with Gasteiger partial charge < -0.3 is 14.2 Å². The number of methoxy groups -OCH3 is 1. The Hall–Kier alpha value is -2.30. The molecule has 0 heterocycles. The van der Waals surface area contributed by atoms with Gasteiger partial charge in [0.05, 0.1) is 19.3 Å². The van der Waals surface area contributed by atoms with Crippen LogP contribution in [-0.2, 0) is 14.3 Å². The van der Waals surface area contributed by atoms with Crippen LogP contribution in [0, 0.1) is 0 Å². The van der Waals surface area contributed by atoms with Gasteiger partial charge in [-0.3, -0.25) is 0 Å². The highest BCUT2D eigenvalue weighted by molar-refractivity contribution is 5.92. The first-order valence-electron chi connectivity index (χ1n) is 5.75. The van der Waals surface area contributed by atoms with E-state index in [0.29, 0.717) is 11.3 Å². The maximum Gasteiger partial charge on any atom is 0.341 e. The van der Waals surface area contributed by atoms with E-state index in [1.165, 1.54) is 7.11 Å². The zero-order valence-corrected chi connectivity index (χ0v) is 11.0. The highest BCUT2D eigenvalue weighted by Gasteiger charge is 2.14. The smallest absolute Gasteiger partial charge is 0.341 e. The lowest BCUT2D eigenvalue weighted by Crippen LogP contribution is -2.14. The lowest BCUT2D eigenvalue weighted by atomic mass is 10.2. The predicted molar refractivity (Wildman–Crippen MR) is 69.0 cm³/mol. The highest BCUT2D eigenvalue weighted by Crippen LogP contribution is 2.19. The molecule has 0 spiro atoms. The molecule has 0 aliphatic carbocycles. The summed E-state index contributed by atoms with van der Waals surface area (Å²) >= 11 is 0. The molecular formula is C14H16O5. The van der Waals surface area contributed by atoms with Crippen LogP contribution in [0.3, 0.4) is 0 Å². The van der Waals surface area contributed by atoms with Crippen LogP contribution >= 0.6 is 0 Å². The molecule has 0 aliphatic heterocycles. The van der Waals surface area contributed by atoms with Crippen LogP contribution in [0.25, 0.3) is 0 Å². The molecule has 0 N–H and O–H groups in total. The Kier molecular flexibility index (Phi) is 5.60. The largest absolute Gasteiger partial charge is 0.488 e. The Bertz CT molecular complexity index is 478. The molecule has 1 aromatic carbocycles. The Balaban J connectivity index is 2.70. The van der Waals surface area contributed by atoms with Gasteiger partial charge in [-0.25, -0.2) is 9.59 Å². The van der Waals surface area contributed by atoms with Crippen LogP contribution in [0.4, 0.5) is 0 Å². The monoisotopic (exact) mass is 264 g/mol. The second kappa shape index (κ2) is 7.20. The van der Waals surface area contributed by atoms with Gasteiger partial charge >= 0.3 is 11.9 Å². The molecule has 0 saturated heterocycles. The molecule has 19 heavy (non-hydrogen) atoms. The summed E-state index contributed by atoms with van der Waals surface area (Å²) in [6.07, 6.45) is 0. The molecule has 5 heteroatoms. The van der Waals surface area contributed by atoms with Gasteiger partial charge in [-0.2, -0.15) is 0 Å². The summed E-state index contributed by atoms with van der Waals surface area (Å²) < 4.78 is 14.8. The lowest BCUT2D eigenvalue weighted by Gasteiger charge is -2.10. The minimum Gasteiger partial charge on any atom is -0.488 e. The van der Waals surface area contributed by atoms with Gasteiger partial charge in [-0.15, -0.1) is 0 Å². The quantitative estimate of drug-likeness (QED) is 0.580. The van der Waals surface area contributed by atoms with Gasteiger partial charge in [-0.1, -0.05) is 18.7 Å². The zero-order valence-electron chi connectivity index (χ0n) is 11.0. The minimum absolute atomic E-state index is 0.0488. The minimum atomic E-state index is -0.516. The number of carbonyl (C=O) groups is 2. The standard InChI is InChI=1S/C14H16O5/c1-4-18-13(15)10(2)9-19-12-8-6-5-7-11(12)14(16)17-3/h5-8H,2,4,9H2,1,3H3. The summed E-state index contributed by atoms with van der Waals surface area (Å²) in [5.41, 5.74) is 0.475. The second-order valence-electron chi connectivity index (χ2n) is 3.60. The molecule has 0 aliphatic rings. The summed E-state index contributed by atoms with van der Waals surface area (Å²) in [7, 11) is 1.29. The van der Waals surface area contributed by atoms with Gasteiger partial charge in [0, 0.05) is 0 Å². The SMILES string of the molecule is C=C(COc1ccccc1C(=O)OC)C(=O)OCC. The van der Waals surface area contributed by atoms with Gasteiger partial charge in [0.1, 0.15) is 17.9 Å². The van der Waals surface area contributed by atoms with Gasteiger partial charge in [0.15, 0.2) is 0 Å². The fourth-order valence-electron chi connectivity index (χ4n) is 1.33. The van der Waals surface area contributed by atoms with E-state index in [0.717, 1.165) is 0 Å². The van der Waals surface area contributed by atoms with Crippen molar-refractivity contribution in [2.75, 3.05) is 20.3 Å². The molecule has 102 valence electrons. The van der Waals surface area contributed by atoms with E-state index in [-0.39, 0.29) is 18.8 Å². The van der Waals surface area contributed by atoms with Gasteiger partial charge in [0.2, 0.25) is 0 Å². The number of esters is 2. The molecule has 0 bridgehead atoms. The molecule has 0 unspecified atom stereocenters. The van der Waals surface area contributed by atoms with E-state index in [2.05, 4.69) is 11.3 Å². The molecule has 0 radical (unpaired) electrons. The normalized spacial score (nSPS) is 9.58. The van der Waals surface area contributed by atoms with Crippen LogP contribution in [-0.4, -0.2) is 32.3 Å². The third-order valence-corrected chi connectivity index (χ3v) is 2.26. The number of carbonyl (C=O) groups excluding carboxylic acids is 2. The number of hydrogen-bond donors (Lipinski definition) is 0. The molecular weight excluding hydrogens is 248 g/mol. The summed E-state index contributed by atoms with van der Waals surface area (Å²) in [5, 5.41) is 0. The molecule has 1 rings (SSSR count). The highest BCUT2D eigenvalue weighted by atomic mass is 16.5. The first kappa shape index (κ1) is 14.8. The van der Waals surface area contributed by atoms with Crippen LogP contribution in [0.5, 0.6) is 5.75 Å². The fourth-order valence-corrected chi connectivity index (χ4v) is 1.33. The molecule has 0 amide bonds. The van der Waals surface area contributed by atoms with Crippen molar-refractivity contribution < 1.29 is 23.8 Å². The summed E-state index contributed by atoms with van der Waals surface area (Å²) in [6, 6.07) is 6.60. The van der Waals surface area contributed by atoms with Crippen molar-refractivity contribution in [3.8, 4) is 5.75 Å². The van der Waals surface area contributed by atoms with E-state index in [1.807, 2.05) is 0 Å². The molecule has 1 aromatic rings. The molecule has 0 fully saturated rings. The average Bonchev–Trinajstić information content (AvgIpc) is 2.44. The number of rotatable bonds is 6. The third kappa shape index (κ3) is 4.13. The number of benzene rings is 1. The van der Waals surface area contributed by atoms with Crippen LogP contribution in [0.1, 0.15) is 17.3 Å². The third-order valence-electron chi connectivity index (χ3n) is 2.26. The first-order valence-corrected chi connectivity index (χ1v) is 5.75. The van der Waals surface area contributed by atoms with Crippen LogP contribution in [0.2, 0.25) is 0 Å². The maximum atomic E-state index is 11.5. The summed E-state index contributed by atoms with van der Waals surface area (Å²) in [5.74, 6) is -0.685. The maximum absolute atomic E-state index is 11.5. The van der Waals surface area contributed by atoms with E-state index in [4.69, 9.17) is 9.47 Å². The van der Waals surface area contributed by atoms with Crippen LogP contribution in [0.15, 0.2) is 36.4 Å². The van der Waals surface area contributed by atoms with Crippen molar-refractivity contribution in [3.63, 3.8) is 0 Å². The van der Waals surface area contributed by atoms with E-state index < -0.39 is 11.9 Å². The van der Waals surface area contributed by atoms with Gasteiger partial charge in [0.25, 0.3) is 0 Å². The Labute approximate surface area is 111 Å².